The molecule has 20 heavy (non-hydrogen) atoms. The van der Waals surface area contributed by atoms with E-state index in [1.54, 1.807) is 15.9 Å². The lowest BCUT2D eigenvalue weighted by Crippen LogP contribution is -2.48. The van der Waals surface area contributed by atoms with E-state index in [2.05, 4.69) is 15.2 Å². The fourth-order valence-electron chi connectivity index (χ4n) is 1.90. The molecule has 1 fully saturated rings. The summed E-state index contributed by atoms with van der Waals surface area (Å²) >= 11 is 0. The van der Waals surface area contributed by atoms with E-state index in [0.29, 0.717) is 32.8 Å². The second-order valence-corrected chi connectivity index (χ2v) is 6.25. The highest BCUT2D eigenvalue weighted by atomic mass is 32.2. The van der Waals surface area contributed by atoms with Crippen molar-refractivity contribution in [3.05, 3.63) is 12.4 Å². The van der Waals surface area contributed by atoms with E-state index in [1.165, 1.54) is 6.20 Å². The molecule has 1 aromatic rings. The minimum atomic E-state index is -3.55. The number of aryl methyl sites for hydroxylation is 1. The quantitative estimate of drug-likeness (QED) is 0.629. The van der Waals surface area contributed by atoms with Crippen LogP contribution in [0.5, 0.6) is 0 Å². The summed E-state index contributed by atoms with van der Waals surface area (Å²) in [5.74, 6) is 0. The highest BCUT2D eigenvalue weighted by Crippen LogP contribution is 2.08. The van der Waals surface area contributed by atoms with Crippen molar-refractivity contribution in [2.75, 3.05) is 39.9 Å². The van der Waals surface area contributed by atoms with Crippen LogP contribution in [0.1, 0.15) is 6.42 Å². The first kappa shape index (κ1) is 15.4. The lowest BCUT2D eigenvalue weighted by molar-refractivity contribution is 0.0272. The zero-order valence-corrected chi connectivity index (χ0v) is 12.4. The first-order valence-electron chi connectivity index (χ1n) is 6.64. The summed E-state index contributed by atoms with van der Waals surface area (Å²) in [6.07, 6.45) is 3.83. The van der Waals surface area contributed by atoms with E-state index >= 15 is 0 Å². The Morgan fingerprint density at radius 2 is 2.15 bits per heavy atom. The van der Waals surface area contributed by atoms with Gasteiger partial charge in [0.15, 0.2) is 0 Å². The van der Waals surface area contributed by atoms with Gasteiger partial charge in [0.25, 0.3) is 10.0 Å². The lowest BCUT2D eigenvalue weighted by atomic mass is 10.4. The third-order valence-electron chi connectivity index (χ3n) is 2.99. The number of ether oxygens (including phenoxy) is 1. The van der Waals surface area contributed by atoms with Gasteiger partial charge >= 0.3 is 0 Å². The van der Waals surface area contributed by atoms with Gasteiger partial charge in [0.2, 0.25) is 0 Å². The van der Waals surface area contributed by atoms with E-state index in [9.17, 15) is 8.42 Å². The molecule has 8 nitrogen and oxygen atoms in total. The summed E-state index contributed by atoms with van der Waals surface area (Å²) in [5, 5.41) is 8.76. The lowest BCUT2D eigenvalue weighted by Gasteiger charge is -2.26. The number of nitrogens with one attached hydrogen (secondary N) is 2. The normalized spacial score (nSPS) is 17.4. The number of hydrogen-bond donors (Lipinski definition) is 2. The van der Waals surface area contributed by atoms with Crippen LogP contribution in [0, 0.1) is 0 Å². The second-order valence-electron chi connectivity index (χ2n) is 4.59. The Morgan fingerprint density at radius 1 is 1.40 bits per heavy atom. The Kier molecular flexibility index (Phi) is 5.49. The standard InChI is InChI=1S/C11H21N5O3S/c1-12-3-2-4-16-10-11(9-13-16)20(17,18)14-15-5-7-19-8-6-15/h9-10,12,14H,2-8H2,1H3. The highest BCUT2D eigenvalue weighted by molar-refractivity contribution is 7.89. The maximum atomic E-state index is 12.2. The molecule has 0 aliphatic carbocycles. The van der Waals surface area contributed by atoms with Gasteiger partial charge < -0.3 is 10.1 Å². The van der Waals surface area contributed by atoms with Crippen molar-refractivity contribution in [3.8, 4) is 0 Å². The van der Waals surface area contributed by atoms with Crippen LogP contribution < -0.4 is 10.1 Å². The van der Waals surface area contributed by atoms with Gasteiger partial charge in [-0.15, -0.1) is 4.83 Å². The molecule has 1 saturated heterocycles. The molecule has 0 aromatic carbocycles. The van der Waals surface area contributed by atoms with Crippen LogP contribution in [0.2, 0.25) is 0 Å². The molecule has 0 spiro atoms. The van der Waals surface area contributed by atoms with Crippen LogP contribution in [0.3, 0.4) is 0 Å². The summed E-state index contributed by atoms with van der Waals surface area (Å²) < 4.78 is 31.2. The van der Waals surface area contributed by atoms with Crippen molar-refractivity contribution in [2.24, 2.45) is 0 Å². The Bertz CT molecular complexity index is 510. The first-order chi connectivity index (χ1) is 9.62. The number of nitrogens with zero attached hydrogens (tertiary/aromatic N) is 3. The predicted molar refractivity (Wildman–Crippen MR) is 73.5 cm³/mol. The Labute approximate surface area is 119 Å². The average Bonchev–Trinajstić information content (AvgIpc) is 2.89. The highest BCUT2D eigenvalue weighted by Gasteiger charge is 2.21. The summed E-state index contributed by atoms with van der Waals surface area (Å²) in [5.41, 5.74) is 0. The molecule has 9 heteroatoms. The molecule has 0 amide bonds. The third-order valence-corrected chi connectivity index (χ3v) is 4.32. The number of aromatic nitrogens is 2. The minimum absolute atomic E-state index is 0.188. The van der Waals surface area contributed by atoms with Gasteiger partial charge in [-0.3, -0.25) is 4.68 Å². The van der Waals surface area contributed by atoms with Gasteiger partial charge in [0, 0.05) is 25.8 Å². The molecule has 0 atom stereocenters. The fraction of sp³-hybridized carbons (Fsp3) is 0.727. The van der Waals surface area contributed by atoms with Crippen LogP contribution in [-0.4, -0.2) is 63.1 Å². The van der Waals surface area contributed by atoms with Crippen molar-refractivity contribution < 1.29 is 13.2 Å². The number of hydrogen-bond acceptors (Lipinski definition) is 6. The molecule has 0 saturated carbocycles. The van der Waals surface area contributed by atoms with Crippen LogP contribution in [0.25, 0.3) is 0 Å². The molecule has 1 aromatic heterocycles. The molecule has 2 N–H and O–H groups in total. The average molecular weight is 303 g/mol. The molecule has 0 radical (unpaired) electrons. The molecular weight excluding hydrogens is 282 g/mol. The van der Waals surface area contributed by atoms with E-state index in [-0.39, 0.29) is 4.90 Å². The Morgan fingerprint density at radius 3 is 2.85 bits per heavy atom. The van der Waals surface area contributed by atoms with E-state index < -0.39 is 10.0 Å². The number of rotatable bonds is 7. The van der Waals surface area contributed by atoms with Gasteiger partial charge in [-0.1, -0.05) is 0 Å². The van der Waals surface area contributed by atoms with Crippen molar-refractivity contribution in [2.45, 2.75) is 17.9 Å². The van der Waals surface area contributed by atoms with Crippen molar-refractivity contribution >= 4 is 10.0 Å². The molecule has 1 aliphatic rings. The summed E-state index contributed by atoms with van der Waals surface area (Å²) in [6.45, 7) is 3.73. The second kappa shape index (κ2) is 7.14. The van der Waals surface area contributed by atoms with Gasteiger partial charge in [0.1, 0.15) is 4.90 Å². The fourth-order valence-corrected chi connectivity index (χ4v) is 2.98. The van der Waals surface area contributed by atoms with Crippen molar-refractivity contribution in [1.29, 1.82) is 0 Å². The van der Waals surface area contributed by atoms with Crippen LogP contribution >= 0.6 is 0 Å². The van der Waals surface area contributed by atoms with Crippen LogP contribution in [-0.2, 0) is 21.3 Å². The summed E-state index contributed by atoms with van der Waals surface area (Å²) in [7, 11) is -1.67. The first-order valence-corrected chi connectivity index (χ1v) is 8.12. The molecule has 0 bridgehead atoms. The summed E-state index contributed by atoms with van der Waals surface area (Å²) in [6, 6.07) is 0. The molecule has 2 heterocycles. The van der Waals surface area contributed by atoms with Gasteiger partial charge in [-0.25, -0.2) is 13.4 Å². The van der Waals surface area contributed by atoms with Gasteiger partial charge in [-0.2, -0.15) is 5.10 Å². The molecule has 2 rings (SSSR count). The SMILES string of the molecule is CNCCCn1cc(S(=O)(=O)NN2CCOCC2)cn1. The largest absolute Gasteiger partial charge is 0.379 e. The maximum Gasteiger partial charge on any atom is 0.256 e. The number of morpholine rings is 1. The number of sulfonamides is 1. The zero-order valence-electron chi connectivity index (χ0n) is 11.6. The Balaban J connectivity index is 1.94. The molecular formula is C11H21N5O3S. The van der Waals surface area contributed by atoms with Gasteiger partial charge in [0.05, 0.1) is 19.4 Å². The van der Waals surface area contributed by atoms with Crippen LogP contribution in [0.15, 0.2) is 17.3 Å². The predicted octanol–water partition coefficient (Wildman–Crippen LogP) is -0.982. The van der Waals surface area contributed by atoms with E-state index in [4.69, 9.17) is 4.74 Å². The minimum Gasteiger partial charge on any atom is -0.379 e. The Hall–Kier alpha value is -1.00. The van der Waals surface area contributed by atoms with E-state index in [0.717, 1.165) is 13.0 Å². The van der Waals surface area contributed by atoms with Gasteiger partial charge in [-0.05, 0) is 20.0 Å². The van der Waals surface area contributed by atoms with Crippen LogP contribution in [0.4, 0.5) is 0 Å². The van der Waals surface area contributed by atoms with Crippen molar-refractivity contribution in [1.82, 2.24) is 24.9 Å². The number of hydrazine groups is 1. The third kappa shape index (κ3) is 4.25. The summed E-state index contributed by atoms with van der Waals surface area (Å²) in [4.78, 5) is 2.74. The zero-order chi connectivity index (χ0) is 14.4. The topological polar surface area (TPSA) is 88.5 Å². The molecule has 0 unspecified atom stereocenters. The van der Waals surface area contributed by atoms with E-state index in [1.807, 2.05) is 7.05 Å². The maximum absolute atomic E-state index is 12.2. The molecule has 1 aliphatic heterocycles. The van der Waals surface area contributed by atoms with Crippen molar-refractivity contribution in [3.63, 3.8) is 0 Å². The molecule has 114 valence electrons. The smallest absolute Gasteiger partial charge is 0.256 e. The monoisotopic (exact) mass is 303 g/mol.